The Morgan fingerprint density at radius 1 is 1.67 bits per heavy atom. The molecule has 1 aromatic heterocycles. The van der Waals surface area contributed by atoms with Crippen LogP contribution in [0.2, 0.25) is 0 Å². The summed E-state index contributed by atoms with van der Waals surface area (Å²) in [6.45, 7) is 0.581. The van der Waals surface area contributed by atoms with E-state index < -0.39 is 15.7 Å². The highest BCUT2D eigenvalue weighted by molar-refractivity contribution is 9.09. The van der Waals surface area contributed by atoms with Gasteiger partial charge in [-0.2, -0.15) is 0 Å². The molecule has 7 heteroatoms. The normalized spacial score (nSPS) is 31.4. The monoisotopic (exact) mass is 293 g/mol. The number of thiophene rings is 1. The van der Waals surface area contributed by atoms with Crippen LogP contribution < -0.4 is 0 Å². The Morgan fingerprint density at radius 3 is 3.00 bits per heavy atom. The number of nitrogens with zero attached hydrogens (tertiary/aromatic N) is 1. The van der Waals surface area contributed by atoms with Gasteiger partial charge < -0.3 is 9.47 Å². The van der Waals surface area contributed by atoms with Crippen molar-refractivity contribution in [2.75, 3.05) is 13.2 Å². The maximum absolute atomic E-state index is 11.2. The molecule has 1 saturated heterocycles. The molecule has 0 saturated carbocycles. The van der Waals surface area contributed by atoms with Crippen molar-refractivity contribution in [3.8, 4) is 0 Å². The lowest BCUT2D eigenvalue weighted by atomic mass is 10.2. The Kier molecular flexibility index (Phi) is 3.06. The van der Waals surface area contributed by atoms with E-state index in [4.69, 9.17) is 9.47 Å². The minimum atomic E-state index is -1.60. The molecule has 0 radical (unpaired) electrons. The van der Waals surface area contributed by atoms with Crippen LogP contribution in [0.15, 0.2) is 17.5 Å². The molecular formula is C8H8BrNO4S. The van der Waals surface area contributed by atoms with E-state index in [1.165, 1.54) is 11.3 Å². The van der Waals surface area contributed by atoms with Gasteiger partial charge in [-0.1, -0.05) is 6.07 Å². The van der Waals surface area contributed by atoms with E-state index in [1.54, 1.807) is 17.5 Å². The van der Waals surface area contributed by atoms with Crippen molar-refractivity contribution < 1.29 is 14.4 Å². The first kappa shape index (κ1) is 11.0. The second kappa shape index (κ2) is 4.17. The Balaban J connectivity index is 2.43. The Bertz CT molecular complexity index is 358. The number of nitro groups is 1. The van der Waals surface area contributed by atoms with Crippen molar-refractivity contribution in [3.05, 3.63) is 32.5 Å². The van der Waals surface area contributed by atoms with Gasteiger partial charge in [0.15, 0.2) is 0 Å². The van der Waals surface area contributed by atoms with Crippen LogP contribution >= 0.6 is 27.3 Å². The maximum atomic E-state index is 11.2. The van der Waals surface area contributed by atoms with E-state index in [9.17, 15) is 10.1 Å². The predicted molar refractivity (Wildman–Crippen MR) is 57.6 cm³/mol. The summed E-state index contributed by atoms with van der Waals surface area (Å²) in [5.74, 6) is 0. The lowest BCUT2D eigenvalue weighted by molar-refractivity contribution is -0.655. The van der Waals surface area contributed by atoms with Crippen molar-refractivity contribution in [1.29, 1.82) is 0 Å². The van der Waals surface area contributed by atoms with Crippen molar-refractivity contribution in [2.45, 2.75) is 10.7 Å². The number of ether oxygens (including phenoxy) is 2. The second-order valence-corrected chi connectivity index (χ2v) is 4.75. The van der Waals surface area contributed by atoms with E-state index in [0.29, 0.717) is 11.5 Å². The van der Waals surface area contributed by atoms with Crippen LogP contribution in [0.25, 0.3) is 0 Å². The van der Waals surface area contributed by atoms with Gasteiger partial charge in [0.25, 0.3) is 0 Å². The number of alkyl halides is 1. The first-order chi connectivity index (χ1) is 7.18. The molecule has 0 aromatic carbocycles. The summed E-state index contributed by atoms with van der Waals surface area (Å²) in [5, 5.41) is 12.2. The van der Waals surface area contributed by atoms with E-state index in [1.807, 2.05) is 0 Å². The SMILES string of the molecule is O=[N+]([O-])C1(c2cccs2)OCCOC1Br. The maximum Gasteiger partial charge on any atom is 0.396 e. The smallest absolute Gasteiger partial charge is 0.354 e. The summed E-state index contributed by atoms with van der Waals surface area (Å²) in [4.78, 5) is 11.3. The quantitative estimate of drug-likeness (QED) is 0.475. The molecule has 0 N–H and O–H groups in total. The molecule has 0 spiro atoms. The van der Waals surface area contributed by atoms with Gasteiger partial charge in [0.05, 0.1) is 18.1 Å². The Labute approximate surface area is 98.3 Å². The highest BCUT2D eigenvalue weighted by Crippen LogP contribution is 2.39. The largest absolute Gasteiger partial charge is 0.396 e. The lowest BCUT2D eigenvalue weighted by Gasteiger charge is -2.32. The lowest BCUT2D eigenvalue weighted by Crippen LogP contribution is -2.50. The van der Waals surface area contributed by atoms with Crippen LogP contribution in [0, 0.1) is 10.1 Å². The van der Waals surface area contributed by atoms with Crippen molar-refractivity contribution in [1.82, 2.24) is 0 Å². The van der Waals surface area contributed by atoms with Crippen molar-refractivity contribution in [3.63, 3.8) is 0 Å². The van der Waals surface area contributed by atoms with E-state index in [0.717, 1.165) is 0 Å². The van der Waals surface area contributed by atoms with Gasteiger partial charge in [-0.3, -0.25) is 10.1 Å². The molecule has 1 fully saturated rings. The summed E-state index contributed by atoms with van der Waals surface area (Å²) < 4.78 is 10.6. The van der Waals surface area contributed by atoms with Gasteiger partial charge in [0.2, 0.25) is 5.01 Å². The third kappa shape index (κ3) is 1.69. The highest BCUT2D eigenvalue weighted by atomic mass is 79.9. The van der Waals surface area contributed by atoms with E-state index in [2.05, 4.69) is 15.9 Å². The summed E-state index contributed by atoms with van der Waals surface area (Å²) in [6.07, 6.45) is 0. The zero-order valence-corrected chi connectivity index (χ0v) is 9.99. The topological polar surface area (TPSA) is 61.6 Å². The molecule has 2 unspecified atom stereocenters. The van der Waals surface area contributed by atoms with E-state index >= 15 is 0 Å². The van der Waals surface area contributed by atoms with Crippen LogP contribution in [0.3, 0.4) is 0 Å². The zero-order chi connectivity index (χ0) is 10.9. The van der Waals surface area contributed by atoms with Crippen molar-refractivity contribution >= 4 is 27.3 Å². The van der Waals surface area contributed by atoms with Gasteiger partial charge in [0.1, 0.15) is 4.88 Å². The summed E-state index contributed by atoms with van der Waals surface area (Å²) in [6, 6.07) is 3.43. The minimum absolute atomic E-state index is 0.223. The van der Waals surface area contributed by atoms with Gasteiger partial charge in [-0.05, 0) is 27.4 Å². The van der Waals surface area contributed by atoms with Crippen LogP contribution in [0.5, 0.6) is 0 Å². The van der Waals surface area contributed by atoms with Gasteiger partial charge in [-0.15, -0.1) is 11.3 Å². The molecule has 2 heterocycles. The third-order valence-electron chi connectivity index (χ3n) is 2.12. The third-order valence-corrected chi connectivity index (χ3v) is 3.98. The van der Waals surface area contributed by atoms with Crippen LogP contribution in [0.1, 0.15) is 4.88 Å². The standard InChI is InChI=1S/C8H8BrNO4S/c9-7-8(10(11)12,14-4-3-13-7)6-2-1-5-15-6/h1-2,5,7H,3-4H2. The summed E-state index contributed by atoms with van der Waals surface area (Å²) in [5.41, 5.74) is -1.60. The molecule has 5 nitrogen and oxygen atoms in total. The van der Waals surface area contributed by atoms with Gasteiger partial charge in [-0.25, -0.2) is 0 Å². The van der Waals surface area contributed by atoms with Gasteiger partial charge >= 0.3 is 5.72 Å². The average Bonchev–Trinajstić information content (AvgIpc) is 2.71. The molecule has 1 aliphatic heterocycles. The molecule has 1 aromatic rings. The summed E-state index contributed by atoms with van der Waals surface area (Å²) in [7, 11) is 0. The van der Waals surface area contributed by atoms with Crippen LogP contribution in [0.4, 0.5) is 0 Å². The number of hydrogen-bond donors (Lipinski definition) is 0. The highest BCUT2D eigenvalue weighted by Gasteiger charge is 2.57. The first-order valence-electron chi connectivity index (χ1n) is 4.26. The molecular weight excluding hydrogens is 286 g/mol. The van der Waals surface area contributed by atoms with Gasteiger partial charge in [0, 0.05) is 0 Å². The van der Waals surface area contributed by atoms with Crippen LogP contribution in [-0.2, 0) is 15.2 Å². The molecule has 0 amide bonds. The molecule has 82 valence electrons. The molecule has 0 aliphatic carbocycles. The fraction of sp³-hybridized carbons (Fsp3) is 0.500. The number of hydrogen-bond acceptors (Lipinski definition) is 5. The predicted octanol–water partition coefficient (Wildman–Crippen LogP) is 1.95. The first-order valence-corrected chi connectivity index (χ1v) is 6.05. The minimum Gasteiger partial charge on any atom is -0.354 e. The van der Waals surface area contributed by atoms with Crippen LogP contribution in [-0.4, -0.2) is 23.2 Å². The molecule has 2 atom stereocenters. The van der Waals surface area contributed by atoms with E-state index in [-0.39, 0.29) is 6.61 Å². The zero-order valence-electron chi connectivity index (χ0n) is 7.59. The number of halogens is 1. The Morgan fingerprint density at radius 2 is 2.47 bits per heavy atom. The second-order valence-electron chi connectivity index (χ2n) is 2.97. The number of rotatable bonds is 2. The molecule has 15 heavy (non-hydrogen) atoms. The average molecular weight is 294 g/mol. The van der Waals surface area contributed by atoms with Crippen molar-refractivity contribution in [2.24, 2.45) is 0 Å². The fourth-order valence-electron chi connectivity index (χ4n) is 1.42. The molecule has 2 rings (SSSR count). The Hall–Kier alpha value is -0.500. The molecule has 0 bridgehead atoms. The fourth-order valence-corrected chi connectivity index (χ4v) is 3.17. The molecule has 1 aliphatic rings. The summed E-state index contributed by atoms with van der Waals surface area (Å²) >= 11 is 4.44.